The highest BCUT2D eigenvalue weighted by molar-refractivity contribution is 5.76. The summed E-state index contributed by atoms with van der Waals surface area (Å²) in [4.78, 5) is 16.2. The summed E-state index contributed by atoms with van der Waals surface area (Å²) in [5.74, 6) is 0.251. The van der Waals surface area contributed by atoms with E-state index in [2.05, 4.69) is 4.90 Å². The quantitative estimate of drug-likeness (QED) is 0.708. The van der Waals surface area contributed by atoms with E-state index in [1.807, 2.05) is 11.8 Å². The van der Waals surface area contributed by atoms with E-state index in [-0.39, 0.29) is 12.0 Å². The average molecular weight is 243 g/mol. The largest absolute Gasteiger partial charge is 0.382 e. The van der Waals surface area contributed by atoms with Gasteiger partial charge in [-0.1, -0.05) is 0 Å². The van der Waals surface area contributed by atoms with Crippen LogP contribution in [-0.4, -0.2) is 68.2 Å². The van der Waals surface area contributed by atoms with Gasteiger partial charge in [-0.2, -0.15) is 0 Å². The van der Waals surface area contributed by atoms with Gasteiger partial charge < -0.3 is 15.4 Å². The van der Waals surface area contributed by atoms with E-state index in [1.54, 1.807) is 7.11 Å². The van der Waals surface area contributed by atoms with Crippen LogP contribution in [0.4, 0.5) is 0 Å². The number of ether oxygens (including phenoxy) is 1. The molecule has 1 amide bonds. The topological polar surface area (TPSA) is 58.8 Å². The minimum absolute atomic E-state index is 0.164. The number of hydrogen-bond donors (Lipinski definition) is 1. The fourth-order valence-corrected chi connectivity index (χ4v) is 2.01. The van der Waals surface area contributed by atoms with Gasteiger partial charge in [0.15, 0.2) is 0 Å². The summed E-state index contributed by atoms with van der Waals surface area (Å²) in [7, 11) is 1.68. The van der Waals surface area contributed by atoms with Crippen molar-refractivity contribution in [1.82, 2.24) is 9.80 Å². The Morgan fingerprint density at radius 3 is 2.53 bits per heavy atom. The molecule has 1 saturated heterocycles. The molecule has 0 aliphatic carbocycles. The van der Waals surface area contributed by atoms with Gasteiger partial charge in [0.1, 0.15) is 0 Å². The Kier molecular flexibility index (Phi) is 6.47. The Morgan fingerprint density at radius 2 is 2.00 bits per heavy atom. The Bertz CT molecular complexity index is 228. The van der Waals surface area contributed by atoms with Crippen molar-refractivity contribution in [3.8, 4) is 0 Å². The predicted octanol–water partition coefficient (Wildman–Crippen LogP) is -0.0956. The molecule has 1 aliphatic heterocycles. The fraction of sp³-hybridized carbons (Fsp3) is 0.917. The van der Waals surface area contributed by atoms with Crippen molar-refractivity contribution in [1.29, 1.82) is 0 Å². The molecule has 1 aliphatic rings. The monoisotopic (exact) mass is 243 g/mol. The lowest BCUT2D eigenvalue weighted by molar-refractivity contribution is -0.133. The van der Waals surface area contributed by atoms with Crippen molar-refractivity contribution in [3.05, 3.63) is 0 Å². The van der Waals surface area contributed by atoms with Gasteiger partial charge in [0, 0.05) is 52.8 Å². The first-order chi connectivity index (χ1) is 8.17. The average Bonchev–Trinajstić information content (AvgIpc) is 2.36. The number of rotatable bonds is 6. The zero-order valence-electron chi connectivity index (χ0n) is 11.0. The molecule has 1 fully saturated rings. The number of piperazine rings is 1. The van der Waals surface area contributed by atoms with Crippen LogP contribution in [0.2, 0.25) is 0 Å². The third-order valence-electron chi connectivity index (χ3n) is 3.34. The van der Waals surface area contributed by atoms with E-state index in [9.17, 15) is 4.79 Å². The summed E-state index contributed by atoms with van der Waals surface area (Å²) in [6.07, 6.45) is 1.56. The molecule has 1 atom stereocenters. The second-order valence-electron chi connectivity index (χ2n) is 4.60. The molecule has 1 heterocycles. The van der Waals surface area contributed by atoms with E-state index in [4.69, 9.17) is 10.5 Å². The maximum absolute atomic E-state index is 11.9. The first kappa shape index (κ1) is 14.4. The van der Waals surface area contributed by atoms with Crippen molar-refractivity contribution >= 4 is 5.91 Å². The fourth-order valence-electron chi connectivity index (χ4n) is 2.01. The summed E-state index contributed by atoms with van der Waals surface area (Å²) in [5, 5.41) is 0. The van der Waals surface area contributed by atoms with Gasteiger partial charge in [0.25, 0.3) is 0 Å². The Balaban J connectivity index is 2.21. The molecular formula is C12H25N3O2. The molecular weight excluding hydrogens is 218 g/mol. The molecule has 0 aromatic heterocycles. The molecule has 1 unspecified atom stereocenters. The standard InChI is InChI=1S/C12H25N3O2/c1-11(17-2)3-4-12(16)15-9-7-14(6-5-13)8-10-15/h11H,3-10,13H2,1-2H3. The van der Waals surface area contributed by atoms with Gasteiger partial charge in [-0.3, -0.25) is 9.69 Å². The third kappa shape index (κ3) is 5.02. The summed E-state index contributed by atoms with van der Waals surface area (Å²) in [6.45, 7) is 7.18. The van der Waals surface area contributed by atoms with Gasteiger partial charge in [-0.15, -0.1) is 0 Å². The molecule has 5 nitrogen and oxygen atoms in total. The van der Waals surface area contributed by atoms with Crippen molar-refractivity contribution in [2.45, 2.75) is 25.9 Å². The lowest BCUT2D eigenvalue weighted by Gasteiger charge is -2.34. The zero-order chi connectivity index (χ0) is 12.7. The number of carbonyl (C=O) groups is 1. The number of nitrogens with zero attached hydrogens (tertiary/aromatic N) is 2. The van der Waals surface area contributed by atoms with E-state index < -0.39 is 0 Å². The van der Waals surface area contributed by atoms with Crippen LogP contribution in [0, 0.1) is 0 Å². The Labute approximate surface area is 104 Å². The molecule has 0 aromatic carbocycles. The number of carbonyl (C=O) groups excluding carboxylic acids is 1. The SMILES string of the molecule is COC(C)CCC(=O)N1CCN(CCN)CC1. The summed E-state index contributed by atoms with van der Waals surface area (Å²) in [5.41, 5.74) is 5.51. The maximum Gasteiger partial charge on any atom is 0.222 e. The van der Waals surface area contributed by atoms with E-state index in [0.29, 0.717) is 13.0 Å². The van der Waals surface area contributed by atoms with Crippen LogP contribution in [0.15, 0.2) is 0 Å². The molecule has 0 bridgehead atoms. The van der Waals surface area contributed by atoms with Crippen LogP contribution < -0.4 is 5.73 Å². The minimum atomic E-state index is 0.164. The number of methoxy groups -OCH3 is 1. The molecule has 0 spiro atoms. The van der Waals surface area contributed by atoms with Crippen molar-refractivity contribution in [2.75, 3.05) is 46.4 Å². The van der Waals surface area contributed by atoms with E-state index in [0.717, 1.165) is 39.1 Å². The Hall–Kier alpha value is -0.650. The normalized spacial score (nSPS) is 19.4. The van der Waals surface area contributed by atoms with Crippen LogP contribution >= 0.6 is 0 Å². The lowest BCUT2D eigenvalue weighted by Crippen LogP contribution is -2.49. The minimum Gasteiger partial charge on any atom is -0.382 e. The Morgan fingerprint density at radius 1 is 1.35 bits per heavy atom. The van der Waals surface area contributed by atoms with Gasteiger partial charge in [-0.25, -0.2) is 0 Å². The second kappa shape index (κ2) is 7.63. The van der Waals surface area contributed by atoms with Crippen molar-refractivity contribution in [3.63, 3.8) is 0 Å². The van der Waals surface area contributed by atoms with Crippen LogP contribution in [0.25, 0.3) is 0 Å². The summed E-state index contributed by atoms with van der Waals surface area (Å²) >= 11 is 0. The first-order valence-electron chi connectivity index (χ1n) is 6.40. The molecule has 100 valence electrons. The second-order valence-corrected chi connectivity index (χ2v) is 4.60. The predicted molar refractivity (Wildman–Crippen MR) is 67.8 cm³/mol. The number of nitrogens with two attached hydrogens (primary N) is 1. The highest BCUT2D eigenvalue weighted by atomic mass is 16.5. The van der Waals surface area contributed by atoms with Crippen LogP contribution in [0.5, 0.6) is 0 Å². The molecule has 0 saturated carbocycles. The van der Waals surface area contributed by atoms with Gasteiger partial charge in [-0.05, 0) is 13.3 Å². The van der Waals surface area contributed by atoms with Gasteiger partial charge in [0.2, 0.25) is 5.91 Å². The molecule has 2 N–H and O–H groups in total. The molecule has 0 aromatic rings. The van der Waals surface area contributed by atoms with Gasteiger partial charge >= 0.3 is 0 Å². The van der Waals surface area contributed by atoms with Crippen LogP contribution in [0.3, 0.4) is 0 Å². The van der Waals surface area contributed by atoms with Crippen LogP contribution in [-0.2, 0) is 9.53 Å². The molecule has 17 heavy (non-hydrogen) atoms. The van der Waals surface area contributed by atoms with Crippen molar-refractivity contribution in [2.24, 2.45) is 5.73 Å². The zero-order valence-corrected chi connectivity index (χ0v) is 11.0. The number of amides is 1. The van der Waals surface area contributed by atoms with E-state index >= 15 is 0 Å². The lowest BCUT2D eigenvalue weighted by atomic mass is 10.2. The highest BCUT2D eigenvalue weighted by Crippen LogP contribution is 2.07. The smallest absolute Gasteiger partial charge is 0.222 e. The third-order valence-corrected chi connectivity index (χ3v) is 3.34. The first-order valence-corrected chi connectivity index (χ1v) is 6.40. The van der Waals surface area contributed by atoms with Crippen molar-refractivity contribution < 1.29 is 9.53 Å². The number of hydrogen-bond acceptors (Lipinski definition) is 4. The van der Waals surface area contributed by atoms with Crippen LogP contribution in [0.1, 0.15) is 19.8 Å². The molecule has 5 heteroatoms. The maximum atomic E-state index is 11.9. The van der Waals surface area contributed by atoms with Gasteiger partial charge in [0.05, 0.1) is 6.10 Å². The van der Waals surface area contributed by atoms with E-state index in [1.165, 1.54) is 0 Å². The molecule has 1 rings (SSSR count). The summed E-state index contributed by atoms with van der Waals surface area (Å²) in [6, 6.07) is 0. The highest BCUT2D eigenvalue weighted by Gasteiger charge is 2.20. The summed E-state index contributed by atoms with van der Waals surface area (Å²) < 4.78 is 5.14. The molecule has 0 radical (unpaired) electrons.